The molecule has 0 amide bonds. The van der Waals surface area contributed by atoms with Crippen molar-refractivity contribution in [1.82, 2.24) is 0 Å². The number of hydrogen-bond donors (Lipinski definition) is 2. The summed E-state index contributed by atoms with van der Waals surface area (Å²) in [6.45, 7) is 2.72. The molecule has 2 N–H and O–H groups in total. The largest absolute Gasteiger partial charge is 0.494 e. The summed E-state index contributed by atoms with van der Waals surface area (Å²) in [6.07, 6.45) is 0. The molecular weight excluding hydrogens is 402 g/mol. The van der Waals surface area contributed by atoms with E-state index >= 15 is 0 Å². The molecule has 10 heteroatoms. The van der Waals surface area contributed by atoms with Gasteiger partial charge in [0.1, 0.15) is 12.4 Å². The van der Waals surface area contributed by atoms with Crippen LogP contribution in [0, 0.1) is 0 Å². The van der Waals surface area contributed by atoms with Crippen LogP contribution in [0.4, 0.5) is 5.69 Å². The molecule has 2 aromatic rings. The second-order valence-corrected chi connectivity index (χ2v) is 7.39. The summed E-state index contributed by atoms with van der Waals surface area (Å²) in [5, 5.41) is 9.49. The molecule has 0 aliphatic carbocycles. The molecule has 0 fully saturated rings. The van der Waals surface area contributed by atoms with Crippen LogP contribution in [0.25, 0.3) is 0 Å². The van der Waals surface area contributed by atoms with Gasteiger partial charge in [-0.05, 0) is 31.2 Å². The summed E-state index contributed by atoms with van der Waals surface area (Å²) in [5.74, 6) is -0.464. The SMILES string of the molecule is CCOc1ccc(S(=O)(=O)Nc2cc(OCCOC)c(OC)cc2C(=O)O)cc1. The zero-order valence-electron chi connectivity index (χ0n) is 16.3. The highest BCUT2D eigenvalue weighted by molar-refractivity contribution is 7.92. The fraction of sp³-hybridized carbons (Fsp3) is 0.316. The van der Waals surface area contributed by atoms with Crippen LogP contribution in [0.15, 0.2) is 41.3 Å². The molecule has 158 valence electrons. The Kier molecular flexibility index (Phi) is 7.68. The minimum absolute atomic E-state index is 0.0463. The maximum absolute atomic E-state index is 12.7. The average Bonchev–Trinajstić information content (AvgIpc) is 2.68. The van der Waals surface area contributed by atoms with E-state index in [9.17, 15) is 18.3 Å². The molecule has 0 aromatic heterocycles. The summed E-state index contributed by atoms with van der Waals surface area (Å²) >= 11 is 0. The van der Waals surface area contributed by atoms with Crippen molar-refractivity contribution in [3.8, 4) is 17.2 Å². The van der Waals surface area contributed by atoms with E-state index < -0.39 is 16.0 Å². The van der Waals surface area contributed by atoms with Crippen molar-refractivity contribution < 1.29 is 37.3 Å². The highest BCUT2D eigenvalue weighted by Crippen LogP contribution is 2.35. The van der Waals surface area contributed by atoms with Crippen LogP contribution in [-0.2, 0) is 14.8 Å². The first-order valence-corrected chi connectivity index (χ1v) is 10.1. The van der Waals surface area contributed by atoms with Gasteiger partial charge in [0.15, 0.2) is 11.5 Å². The fourth-order valence-electron chi connectivity index (χ4n) is 2.41. The predicted molar refractivity (Wildman–Crippen MR) is 106 cm³/mol. The highest BCUT2D eigenvalue weighted by atomic mass is 32.2. The topological polar surface area (TPSA) is 120 Å². The normalized spacial score (nSPS) is 11.0. The number of rotatable bonds is 11. The van der Waals surface area contributed by atoms with E-state index in [-0.39, 0.29) is 40.9 Å². The zero-order chi connectivity index (χ0) is 21.4. The third-order valence-corrected chi connectivity index (χ3v) is 5.15. The Morgan fingerprint density at radius 2 is 1.72 bits per heavy atom. The van der Waals surface area contributed by atoms with E-state index in [2.05, 4.69) is 4.72 Å². The molecule has 2 rings (SSSR count). The Morgan fingerprint density at radius 3 is 2.28 bits per heavy atom. The molecule has 0 bridgehead atoms. The summed E-state index contributed by atoms with van der Waals surface area (Å²) in [4.78, 5) is 11.6. The number of methoxy groups -OCH3 is 2. The van der Waals surface area contributed by atoms with Crippen molar-refractivity contribution in [2.75, 3.05) is 38.8 Å². The Labute approximate surface area is 169 Å². The highest BCUT2D eigenvalue weighted by Gasteiger charge is 2.22. The van der Waals surface area contributed by atoms with Crippen molar-refractivity contribution in [3.63, 3.8) is 0 Å². The maximum atomic E-state index is 12.7. The van der Waals surface area contributed by atoms with Gasteiger partial charge in [-0.1, -0.05) is 0 Å². The molecule has 2 aromatic carbocycles. The Hall–Kier alpha value is -2.98. The molecule has 0 spiro atoms. The van der Waals surface area contributed by atoms with Crippen LogP contribution >= 0.6 is 0 Å². The number of carbonyl (C=O) groups is 1. The van der Waals surface area contributed by atoms with Crippen molar-refractivity contribution >= 4 is 21.7 Å². The van der Waals surface area contributed by atoms with Gasteiger partial charge in [0, 0.05) is 19.2 Å². The average molecular weight is 425 g/mol. The predicted octanol–water partition coefficient (Wildman–Crippen LogP) is 2.62. The van der Waals surface area contributed by atoms with Crippen molar-refractivity contribution in [2.45, 2.75) is 11.8 Å². The van der Waals surface area contributed by atoms with Crippen molar-refractivity contribution in [2.24, 2.45) is 0 Å². The van der Waals surface area contributed by atoms with E-state index in [4.69, 9.17) is 18.9 Å². The molecule has 0 saturated carbocycles. The number of carboxylic acid groups (broad SMARTS) is 1. The Balaban J connectivity index is 2.40. The molecular formula is C19H23NO8S. The summed E-state index contributed by atoms with van der Waals surface area (Å²) in [7, 11) is -1.19. The molecule has 29 heavy (non-hydrogen) atoms. The summed E-state index contributed by atoms with van der Waals surface area (Å²) in [5.41, 5.74) is -0.435. The van der Waals surface area contributed by atoms with Gasteiger partial charge in [-0.15, -0.1) is 0 Å². The van der Waals surface area contributed by atoms with Crippen molar-refractivity contribution in [1.29, 1.82) is 0 Å². The van der Waals surface area contributed by atoms with E-state index in [1.807, 2.05) is 6.92 Å². The van der Waals surface area contributed by atoms with Crippen LogP contribution in [0.1, 0.15) is 17.3 Å². The second-order valence-electron chi connectivity index (χ2n) is 5.70. The molecule has 0 saturated heterocycles. The number of hydrogen-bond acceptors (Lipinski definition) is 7. The molecule has 0 aliphatic heterocycles. The third kappa shape index (κ3) is 5.75. The van der Waals surface area contributed by atoms with E-state index in [0.29, 0.717) is 12.4 Å². The van der Waals surface area contributed by atoms with Gasteiger partial charge in [-0.3, -0.25) is 4.72 Å². The quantitative estimate of drug-likeness (QED) is 0.527. The van der Waals surface area contributed by atoms with E-state index in [1.54, 1.807) is 0 Å². The molecule has 9 nitrogen and oxygen atoms in total. The Morgan fingerprint density at radius 1 is 1.03 bits per heavy atom. The lowest BCUT2D eigenvalue weighted by Crippen LogP contribution is -2.16. The molecule has 0 aliphatic rings. The van der Waals surface area contributed by atoms with Gasteiger partial charge in [-0.25, -0.2) is 13.2 Å². The van der Waals surface area contributed by atoms with Gasteiger partial charge in [0.05, 0.1) is 36.5 Å². The molecule has 0 radical (unpaired) electrons. The third-order valence-electron chi connectivity index (χ3n) is 3.77. The molecule has 0 atom stereocenters. The number of nitrogens with one attached hydrogen (secondary N) is 1. The first-order valence-electron chi connectivity index (χ1n) is 8.65. The maximum Gasteiger partial charge on any atom is 0.337 e. The number of anilines is 1. The van der Waals surface area contributed by atoms with Gasteiger partial charge >= 0.3 is 5.97 Å². The van der Waals surface area contributed by atoms with Gasteiger partial charge < -0.3 is 24.1 Å². The number of carboxylic acids is 1. The Bertz CT molecular complexity index is 941. The minimum atomic E-state index is -4.05. The lowest BCUT2D eigenvalue weighted by Gasteiger charge is -2.16. The van der Waals surface area contributed by atoms with E-state index in [1.165, 1.54) is 50.6 Å². The van der Waals surface area contributed by atoms with Crippen LogP contribution < -0.4 is 18.9 Å². The van der Waals surface area contributed by atoms with Crippen LogP contribution in [0.2, 0.25) is 0 Å². The van der Waals surface area contributed by atoms with Gasteiger partial charge in [0.25, 0.3) is 10.0 Å². The van der Waals surface area contributed by atoms with Gasteiger partial charge in [-0.2, -0.15) is 0 Å². The van der Waals surface area contributed by atoms with E-state index in [0.717, 1.165) is 0 Å². The van der Waals surface area contributed by atoms with Crippen LogP contribution in [0.3, 0.4) is 0 Å². The number of ether oxygens (including phenoxy) is 4. The smallest absolute Gasteiger partial charge is 0.337 e. The lowest BCUT2D eigenvalue weighted by atomic mass is 10.1. The first-order chi connectivity index (χ1) is 13.8. The number of aromatic carboxylic acids is 1. The fourth-order valence-corrected chi connectivity index (χ4v) is 3.48. The second kappa shape index (κ2) is 9.99. The lowest BCUT2D eigenvalue weighted by molar-refractivity contribution is 0.0697. The van der Waals surface area contributed by atoms with Crippen LogP contribution in [-0.4, -0.2) is 53.5 Å². The summed E-state index contributed by atoms with van der Waals surface area (Å²) < 4.78 is 48.6. The summed E-state index contributed by atoms with van der Waals surface area (Å²) in [6, 6.07) is 8.23. The number of benzene rings is 2. The monoisotopic (exact) mass is 425 g/mol. The zero-order valence-corrected chi connectivity index (χ0v) is 17.1. The standard InChI is InChI=1S/C19H23NO8S/c1-4-27-13-5-7-14(8-6-13)29(23,24)20-16-12-18(28-10-9-25-2)17(26-3)11-15(16)19(21)22/h5-8,11-12,20H,4,9-10H2,1-3H3,(H,21,22). The van der Waals surface area contributed by atoms with Gasteiger partial charge in [0.2, 0.25) is 0 Å². The van der Waals surface area contributed by atoms with Crippen molar-refractivity contribution in [3.05, 3.63) is 42.0 Å². The molecule has 0 heterocycles. The first kappa shape index (κ1) is 22.3. The number of sulfonamides is 1. The van der Waals surface area contributed by atoms with Crippen LogP contribution in [0.5, 0.6) is 17.2 Å². The minimum Gasteiger partial charge on any atom is -0.494 e. The molecule has 0 unspecified atom stereocenters.